The highest BCUT2D eigenvalue weighted by Crippen LogP contribution is 2.44. The molecule has 0 spiro atoms. The van der Waals surface area contributed by atoms with E-state index in [1.165, 1.54) is 78.4 Å². The smallest absolute Gasteiger partial charge is 0.0476 e. The summed E-state index contributed by atoms with van der Waals surface area (Å²) in [6, 6.07) is 58.3. The number of hydrogen-bond donors (Lipinski definition) is 0. The molecular weight excluding hydrogens is 657 g/mol. The van der Waals surface area contributed by atoms with E-state index in [1.54, 1.807) is 0 Å². The van der Waals surface area contributed by atoms with Crippen LogP contribution in [0.15, 0.2) is 170 Å². The molecule has 3 aromatic heterocycles. The number of aromatic nitrogens is 1. The summed E-state index contributed by atoms with van der Waals surface area (Å²) in [6.45, 7) is 0. The molecule has 0 atom stereocenters. The molecule has 0 aliphatic carbocycles. The number of benzene rings is 8. The summed E-state index contributed by atoms with van der Waals surface area (Å²) in [6.07, 6.45) is 3.78. The molecular formula is C47H28N2S2. The average molecular weight is 685 g/mol. The van der Waals surface area contributed by atoms with Crippen LogP contribution in [0, 0.1) is 0 Å². The number of fused-ring (bicyclic) bond motifs is 9. The van der Waals surface area contributed by atoms with Crippen molar-refractivity contribution in [1.29, 1.82) is 0 Å². The number of hydrogen-bond acceptors (Lipinski definition) is 4. The average Bonchev–Trinajstić information content (AvgIpc) is 3.72. The van der Waals surface area contributed by atoms with Crippen molar-refractivity contribution < 1.29 is 0 Å². The summed E-state index contributed by atoms with van der Waals surface area (Å²) in [5.41, 5.74) is 5.81. The number of thiophene rings is 2. The quantitative estimate of drug-likeness (QED) is 0.183. The lowest BCUT2D eigenvalue weighted by Crippen LogP contribution is -2.09. The standard InChI is InChI=1S/C47H28N2S2/c1-3-7-32-24-44-42(22-30(32)5-1)40-17-15-38(26-46(40)50-44)49(37-13-11-29(12-14-37)34-9-10-36-28-48-20-19-35(36)21-34)39-16-18-41-43-23-31-6-2-4-8-33(31)25-45(43)51-47(41)27-39/h1-28H. The second kappa shape index (κ2) is 11.2. The van der Waals surface area contributed by atoms with Gasteiger partial charge in [0.2, 0.25) is 0 Å². The molecule has 0 aliphatic rings. The molecule has 8 aromatic carbocycles. The van der Waals surface area contributed by atoms with Crippen LogP contribution in [0.4, 0.5) is 17.1 Å². The minimum absolute atomic E-state index is 1.13. The Morgan fingerprint density at radius 3 is 1.43 bits per heavy atom. The fourth-order valence-electron chi connectivity index (χ4n) is 7.69. The third-order valence-electron chi connectivity index (χ3n) is 10.3. The topological polar surface area (TPSA) is 16.1 Å². The molecule has 51 heavy (non-hydrogen) atoms. The van der Waals surface area contributed by atoms with Crippen molar-refractivity contribution in [3.05, 3.63) is 170 Å². The van der Waals surface area contributed by atoms with Gasteiger partial charge in [0, 0.05) is 75.2 Å². The third-order valence-corrected chi connectivity index (χ3v) is 12.5. The van der Waals surface area contributed by atoms with Crippen molar-refractivity contribution in [2.24, 2.45) is 0 Å². The number of nitrogens with zero attached hydrogens (tertiary/aromatic N) is 2. The van der Waals surface area contributed by atoms with Gasteiger partial charge in [0.05, 0.1) is 0 Å². The van der Waals surface area contributed by atoms with Crippen LogP contribution in [0.25, 0.3) is 83.8 Å². The van der Waals surface area contributed by atoms with Crippen molar-refractivity contribution in [2.45, 2.75) is 0 Å². The molecule has 11 aromatic rings. The van der Waals surface area contributed by atoms with E-state index in [1.807, 2.05) is 35.1 Å². The first-order valence-corrected chi connectivity index (χ1v) is 18.8. The van der Waals surface area contributed by atoms with Crippen LogP contribution < -0.4 is 4.90 Å². The maximum Gasteiger partial charge on any atom is 0.0476 e. The number of anilines is 3. The predicted molar refractivity (Wildman–Crippen MR) is 223 cm³/mol. The van der Waals surface area contributed by atoms with E-state index in [2.05, 4.69) is 168 Å². The van der Waals surface area contributed by atoms with Crippen LogP contribution in [0.5, 0.6) is 0 Å². The first-order valence-electron chi connectivity index (χ1n) is 17.2. The highest BCUT2D eigenvalue weighted by Gasteiger charge is 2.17. The second-order valence-electron chi connectivity index (χ2n) is 13.3. The molecule has 0 saturated carbocycles. The van der Waals surface area contributed by atoms with Crippen LogP contribution in [-0.2, 0) is 0 Å². The minimum atomic E-state index is 1.13. The van der Waals surface area contributed by atoms with Crippen molar-refractivity contribution in [2.75, 3.05) is 4.90 Å². The lowest BCUT2D eigenvalue weighted by Gasteiger charge is -2.26. The molecule has 238 valence electrons. The fourth-order valence-corrected chi connectivity index (χ4v) is 10.0. The van der Waals surface area contributed by atoms with Gasteiger partial charge in [-0.2, -0.15) is 0 Å². The Morgan fingerprint density at radius 1 is 0.353 bits per heavy atom. The van der Waals surface area contributed by atoms with Crippen molar-refractivity contribution in [3.63, 3.8) is 0 Å². The Labute approximate surface area is 302 Å². The molecule has 3 heterocycles. The summed E-state index contributed by atoms with van der Waals surface area (Å²) < 4.78 is 5.23. The molecule has 0 aliphatic heterocycles. The molecule has 0 N–H and O–H groups in total. The SMILES string of the molecule is c1ccc2cc3c(cc2c1)sc1cc(N(c2ccc(-c4ccc5cnccc5c4)cc2)c2ccc4c(c2)sc2cc5ccccc5cc24)ccc13. The second-order valence-corrected chi connectivity index (χ2v) is 15.4. The Balaban J connectivity index is 1.07. The lowest BCUT2D eigenvalue weighted by molar-refractivity contribution is 1.30. The van der Waals surface area contributed by atoms with Gasteiger partial charge in [0.15, 0.2) is 0 Å². The minimum Gasteiger partial charge on any atom is -0.310 e. The summed E-state index contributed by atoms with van der Waals surface area (Å²) in [5, 5.41) is 12.7. The molecule has 4 heteroatoms. The zero-order valence-electron chi connectivity index (χ0n) is 27.4. The Hall–Kier alpha value is -6.07. The van der Waals surface area contributed by atoms with Crippen molar-refractivity contribution in [3.8, 4) is 11.1 Å². The van der Waals surface area contributed by atoms with E-state index in [0.717, 1.165) is 22.4 Å². The highest BCUT2D eigenvalue weighted by molar-refractivity contribution is 7.26. The number of pyridine rings is 1. The van der Waals surface area contributed by atoms with E-state index in [-0.39, 0.29) is 0 Å². The summed E-state index contributed by atoms with van der Waals surface area (Å²) >= 11 is 3.75. The van der Waals surface area contributed by atoms with Gasteiger partial charge < -0.3 is 4.90 Å². The maximum absolute atomic E-state index is 4.29. The van der Waals surface area contributed by atoms with Crippen LogP contribution >= 0.6 is 22.7 Å². The third kappa shape index (κ3) is 4.72. The Kier molecular flexibility index (Phi) is 6.32. The maximum atomic E-state index is 4.29. The lowest BCUT2D eigenvalue weighted by atomic mass is 10.0. The van der Waals surface area contributed by atoms with Gasteiger partial charge in [-0.25, -0.2) is 0 Å². The normalized spacial score (nSPS) is 11.9. The van der Waals surface area contributed by atoms with Gasteiger partial charge in [0.1, 0.15) is 0 Å². The van der Waals surface area contributed by atoms with E-state index in [0.29, 0.717) is 0 Å². The Morgan fingerprint density at radius 2 is 0.843 bits per heavy atom. The molecule has 2 nitrogen and oxygen atoms in total. The number of rotatable bonds is 4. The van der Waals surface area contributed by atoms with Crippen molar-refractivity contribution >= 4 is 112 Å². The van der Waals surface area contributed by atoms with Crippen LogP contribution in [-0.4, -0.2) is 4.98 Å². The molecule has 0 unspecified atom stereocenters. The van der Waals surface area contributed by atoms with E-state index < -0.39 is 0 Å². The molecule has 0 fully saturated rings. The largest absolute Gasteiger partial charge is 0.310 e. The predicted octanol–water partition coefficient (Wildman–Crippen LogP) is 14.4. The first kappa shape index (κ1) is 28.7. The fraction of sp³-hybridized carbons (Fsp3) is 0. The molecule has 11 rings (SSSR count). The van der Waals surface area contributed by atoms with Crippen LogP contribution in [0.1, 0.15) is 0 Å². The highest BCUT2D eigenvalue weighted by atomic mass is 32.1. The van der Waals surface area contributed by atoms with Crippen LogP contribution in [0.3, 0.4) is 0 Å². The summed E-state index contributed by atoms with van der Waals surface area (Å²) in [5.74, 6) is 0. The van der Waals surface area contributed by atoms with Gasteiger partial charge in [-0.1, -0.05) is 84.9 Å². The summed E-state index contributed by atoms with van der Waals surface area (Å²) in [4.78, 5) is 6.70. The van der Waals surface area contributed by atoms with E-state index in [9.17, 15) is 0 Å². The van der Waals surface area contributed by atoms with E-state index in [4.69, 9.17) is 0 Å². The zero-order valence-corrected chi connectivity index (χ0v) is 29.0. The molecule has 0 bridgehead atoms. The monoisotopic (exact) mass is 684 g/mol. The van der Waals surface area contributed by atoms with E-state index >= 15 is 0 Å². The van der Waals surface area contributed by atoms with Crippen molar-refractivity contribution in [1.82, 2.24) is 4.98 Å². The van der Waals surface area contributed by atoms with Gasteiger partial charge >= 0.3 is 0 Å². The Bertz CT molecular complexity index is 3000. The summed E-state index contributed by atoms with van der Waals surface area (Å²) in [7, 11) is 0. The van der Waals surface area contributed by atoms with Gasteiger partial charge in [-0.15, -0.1) is 22.7 Å². The van der Waals surface area contributed by atoms with Gasteiger partial charge in [-0.3, -0.25) is 4.98 Å². The van der Waals surface area contributed by atoms with Gasteiger partial charge in [0.25, 0.3) is 0 Å². The zero-order chi connectivity index (χ0) is 33.5. The van der Waals surface area contributed by atoms with Gasteiger partial charge in [-0.05, 0) is 111 Å². The first-order chi connectivity index (χ1) is 25.2. The molecule has 0 radical (unpaired) electrons. The molecule has 0 saturated heterocycles. The van der Waals surface area contributed by atoms with Crippen LogP contribution in [0.2, 0.25) is 0 Å². The molecule has 0 amide bonds.